The average Bonchev–Trinajstić information content (AvgIpc) is 2.55. The Morgan fingerprint density at radius 3 is 2.54 bits per heavy atom. The van der Waals surface area contributed by atoms with Crippen molar-refractivity contribution >= 4 is 5.91 Å². The van der Waals surface area contributed by atoms with Gasteiger partial charge in [-0.05, 0) is 63.6 Å². The standard InChI is InChI=1S/C22H35NO3/c1-17(2)11-9-7-8-10-12-21(24)23-16-18-13-14-19(20(15-18)25-6)26-22(3,4)5/h9,11,13-15,17H,7-8,10,12,16H2,1-6H3,(H,23,24)/b11-9+. The summed E-state index contributed by atoms with van der Waals surface area (Å²) < 4.78 is 11.3. The van der Waals surface area contributed by atoms with Crippen molar-refractivity contribution in [1.29, 1.82) is 0 Å². The molecule has 4 nitrogen and oxygen atoms in total. The number of allylic oxidation sites excluding steroid dienone is 2. The molecule has 146 valence electrons. The number of amides is 1. The molecule has 1 amide bonds. The van der Waals surface area contributed by atoms with E-state index in [1.54, 1.807) is 7.11 Å². The minimum absolute atomic E-state index is 0.0897. The molecule has 0 spiro atoms. The molecule has 26 heavy (non-hydrogen) atoms. The second-order valence-electron chi connectivity index (χ2n) is 7.89. The highest BCUT2D eigenvalue weighted by atomic mass is 16.5. The van der Waals surface area contributed by atoms with Crippen LogP contribution in [0, 0.1) is 5.92 Å². The lowest BCUT2D eigenvalue weighted by Gasteiger charge is -2.23. The second kappa shape index (κ2) is 10.9. The van der Waals surface area contributed by atoms with E-state index < -0.39 is 0 Å². The van der Waals surface area contributed by atoms with E-state index in [0.29, 0.717) is 30.4 Å². The molecule has 1 aromatic rings. The van der Waals surface area contributed by atoms with Crippen LogP contribution >= 0.6 is 0 Å². The summed E-state index contributed by atoms with van der Waals surface area (Å²) in [5.74, 6) is 2.08. The number of rotatable bonds is 10. The first-order valence-electron chi connectivity index (χ1n) is 9.50. The highest BCUT2D eigenvalue weighted by Gasteiger charge is 2.15. The Hall–Kier alpha value is -1.97. The zero-order valence-electron chi connectivity index (χ0n) is 17.2. The topological polar surface area (TPSA) is 47.6 Å². The van der Waals surface area contributed by atoms with Crippen molar-refractivity contribution in [1.82, 2.24) is 5.32 Å². The predicted octanol–water partition coefficient (Wildman–Crippen LogP) is 5.26. The van der Waals surface area contributed by atoms with E-state index in [1.165, 1.54) is 0 Å². The summed E-state index contributed by atoms with van der Waals surface area (Å²) in [6, 6.07) is 5.77. The quantitative estimate of drug-likeness (QED) is 0.457. The highest BCUT2D eigenvalue weighted by Crippen LogP contribution is 2.31. The molecule has 0 aliphatic rings. The van der Waals surface area contributed by atoms with Crippen molar-refractivity contribution in [2.24, 2.45) is 5.92 Å². The first-order valence-corrected chi connectivity index (χ1v) is 9.50. The van der Waals surface area contributed by atoms with Gasteiger partial charge in [-0.15, -0.1) is 0 Å². The van der Waals surface area contributed by atoms with Crippen molar-refractivity contribution in [2.45, 2.75) is 72.4 Å². The fourth-order valence-electron chi connectivity index (χ4n) is 2.44. The Bertz CT molecular complexity index is 586. The van der Waals surface area contributed by atoms with Crippen LogP contribution in [0.25, 0.3) is 0 Å². The van der Waals surface area contributed by atoms with Crippen LogP contribution in [-0.4, -0.2) is 18.6 Å². The van der Waals surface area contributed by atoms with Gasteiger partial charge >= 0.3 is 0 Å². The summed E-state index contributed by atoms with van der Waals surface area (Å²) in [5.41, 5.74) is 0.712. The zero-order chi connectivity index (χ0) is 19.6. The van der Waals surface area contributed by atoms with Gasteiger partial charge in [0.05, 0.1) is 7.11 Å². The molecule has 0 atom stereocenters. The monoisotopic (exact) mass is 361 g/mol. The maximum Gasteiger partial charge on any atom is 0.220 e. The van der Waals surface area contributed by atoms with E-state index in [0.717, 1.165) is 24.8 Å². The summed E-state index contributed by atoms with van der Waals surface area (Å²) in [4.78, 5) is 12.0. The molecular weight excluding hydrogens is 326 g/mol. The minimum Gasteiger partial charge on any atom is -0.493 e. The van der Waals surface area contributed by atoms with E-state index in [1.807, 2.05) is 39.0 Å². The molecule has 0 saturated heterocycles. The predicted molar refractivity (Wildman–Crippen MR) is 108 cm³/mol. The molecule has 1 N–H and O–H groups in total. The third-order valence-corrected chi connectivity index (χ3v) is 3.68. The van der Waals surface area contributed by atoms with Gasteiger partial charge in [-0.1, -0.05) is 32.1 Å². The van der Waals surface area contributed by atoms with Crippen molar-refractivity contribution < 1.29 is 14.3 Å². The first kappa shape index (κ1) is 22.1. The Labute approximate surface area is 159 Å². The lowest BCUT2D eigenvalue weighted by atomic mass is 10.1. The van der Waals surface area contributed by atoms with Crippen LogP contribution in [-0.2, 0) is 11.3 Å². The Morgan fingerprint density at radius 2 is 1.92 bits per heavy atom. The fourth-order valence-corrected chi connectivity index (χ4v) is 2.44. The first-order chi connectivity index (χ1) is 12.2. The van der Waals surface area contributed by atoms with Crippen molar-refractivity contribution in [3.63, 3.8) is 0 Å². The van der Waals surface area contributed by atoms with Crippen LogP contribution in [0.15, 0.2) is 30.4 Å². The molecule has 0 aliphatic carbocycles. The van der Waals surface area contributed by atoms with E-state index >= 15 is 0 Å². The van der Waals surface area contributed by atoms with Gasteiger partial charge in [-0.3, -0.25) is 4.79 Å². The Kier molecular flexibility index (Phi) is 9.25. The molecule has 1 rings (SSSR count). The number of ether oxygens (including phenoxy) is 2. The molecular formula is C22H35NO3. The van der Waals surface area contributed by atoms with Gasteiger partial charge in [-0.25, -0.2) is 0 Å². The molecule has 0 aliphatic heterocycles. The smallest absolute Gasteiger partial charge is 0.220 e. The summed E-state index contributed by atoms with van der Waals surface area (Å²) in [7, 11) is 1.63. The largest absolute Gasteiger partial charge is 0.493 e. The number of carbonyl (C=O) groups is 1. The van der Waals surface area contributed by atoms with Gasteiger partial charge in [0.25, 0.3) is 0 Å². The molecule has 0 bridgehead atoms. The number of methoxy groups -OCH3 is 1. The van der Waals surface area contributed by atoms with Crippen LogP contribution in [0.1, 0.15) is 65.9 Å². The SMILES string of the molecule is COc1cc(CNC(=O)CCCC/C=C/C(C)C)ccc1OC(C)(C)C. The third kappa shape index (κ3) is 9.50. The molecule has 0 saturated carbocycles. The van der Waals surface area contributed by atoms with Crippen molar-refractivity contribution in [2.75, 3.05) is 7.11 Å². The number of benzene rings is 1. The summed E-state index contributed by atoms with van der Waals surface area (Å²) >= 11 is 0. The van der Waals surface area contributed by atoms with E-state index in [4.69, 9.17) is 9.47 Å². The van der Waals surface area contributed by atoms with Crippen LogP contribution in [0.4, 0.5) is 0 Å². The zero-order valence-corrected chi connectivity index (χ0v) is 17.2. The molecule has 4 heteroatoms. The normalized spacial score (nSPS) is 11.8. The van der Waals surface area contributed by atoms with Crippen molar-refractivity contribution in [3.05, 3.63) is 35.9 Å². The molecule has 1 aromatic carbocycles. The van der Waals surface area contributed by atoms with Gasteiger partial charge in [0.1, 0.15) is 5.60 Å². The van der Waals surface area contributed by atoms with E-state index in [-0.39, 0.29) is 11.5 Å². The number of hydrogen-bond donors (Lipinski definition) is 1. The molecule has 0 aromatic heterocycles. The summed E-state index contributed by atoms with van der Waals surface area (Å²) in [6.07, 6.45) is 7.98. The Morgan fingerprint density at radius 1 is 1.19 bits per heavy atom. The van der Waals surface area contributed by atoms with E-state index in [9.17, 15) is 4.79 Å². The molecule has 0 unspecified atom stereocenters. The molecule has 0 fully saturated rings. The van der Waals surface area contributed by atoms with Crippen LogP contribution in [0.3, 0.4) is 0 Å². The summed E-state index contributed by atoms with van der Waals surface area (Å²) in [6.45, 7) is 10.8. The molecule has 0 heterocycles. The van der Waals surface area contributed by atoms with E-state index in [2.05, 4.69) is 31.3 Å². The number of unbranched alkanes of at least 4 members (excludes halogenated alkanes) is 2. The van der Waals surface area contributed by atoms with Gasteiger partial charge in [0.2, 0.25) is 5.91 Å². The maximum absolute atomic E-state index is 12.0. The highest BCUT2D eigenvalue weighted by molar-refractivity contribution is 5.75. The van der Waals surface area contributed by atoms with Crippen LogP contribution in [0.5, 0.6) is 11.5 Å². The third-order valence-electron chi connectivity index (χ3n) is 3.68. The number of nitrogens with one attached hydrogen (secondary N) is 1. The Balaban J connectivity index is 2.41. The summed E-state index contributed by atoms with van der Waals surface area (Å²) in [5, 5.41) is 2.97. The van der Waals surface area contributed by atoms with Gasteiger partial charge in [-0.2, -0.15) is 0 Å². The number of hydrogen-bond acceptors (Lipinski definition) is 3. The minimum atomic E-state index is -0.284. The molecule has 0 radical (unpaired) electrons. The van der Waals surface area contributed by atoms with Gasteiger partial charge < -0.3 is 14.8 Å². The lowest BCUT2D eigenvalue weighted by molar-refractivity contribution is -0.121. The van der Waals surface area contributed by atoms with Gasteiger partial charge in [0, 0.05) is 13.0 Å². The lowest BCUT2D eigenvalue weighted by Crippen LogP contribution is -2.24. The number of carbonyl (C=O) groups excluding carboxylic acids is 1. The maximum atomic E-state index is 12.0. The second-order valence-corrected chi connectivity index (χ2v) is 7.89. The van der Waals surface area contributed by atoms with Crippen LogP contribution in [0.2, 0.25) is 0 Å². The van der Waals surface area contributed by atoms with Crippen molar-refractivity contribution in [3.8, 4) is 11.5 Å². The average molecular weight is 362 g/mol. The van der Waals surface area contributed by atoms with Crippen LogP contribution < -0.4 is 14.8 Å². The van der Waals surface area contributed by atoms with Gasteiger partial charge in [0.15, 0.2) is 11.5 Å². The fraction of sp³-hybridized carbons (Fsp3) is 0.591.